The summed E-state index contributed by atoms with van der Waals surface area (Å²) in [4.78, 5) is 22.2. The fourth-order valence-electron chi connectivity index (χ4n) is 1.56. The monoisotopic (exact) mass is 243 g/mol. The van der Waals surface area contributed by atoms with Gasteiger partial charge in [-0.05, 0) is 12.5 Å². The molecule has 0 bridgehead atoms. The van der Waals surface area contributed by atoms with E-state index in [4.69, 9.17) is 0 Å². The number of rotatable bonds is 4. The minimum atomic E-state index is -0.353. The number of amides is 1. The fraction of sp³-hybridized carbons (Fsp3) is 0.154. The molecule has 1 heterocycles. The van der Waals surface area contributed by atoms with Crippen LogP contribution in [-0.2, 0) is 9.59 Å². The first-order valence-corrected chi connectivity index (χ1v) is 5.55. The average Bonchev–Trinajstić information content (AvgIpc) is 2.77. The highest BCUT2D eigenvalue weighted by molar-refractivity contribution is 6.03. The third-order valence-electron chi connectivity index (χ3n) is 2.34. The van der Waals surface area contributed by atoms with E-state index in [1.54, 1.807) is 6.07 Å². The van der Waals surface area contributed by atoms with E-state index in [1.807, 2.05) is 30.3 Å². The molecule has 1 amide bonds. The van der Waals surface area contributed by atoms with Gasteiger partial charge >= 0.3 is 0 Å². The number of anilines is 1. The SMILES string of the molecule is CC(=O)CC(=O)Nc1cc(-c2ccccc2)[nH]n1. The molecule has 5 heteroatoms. The highest BCUT2D eigenvalue weighted by Gasteiger charge is 2.08. The Bertz CT molecular complexity index is 561. The minimum Gasteiger partial charge on any atom is -0.309 e. The molecule has 0 saturated carbocycles. The molecule has 0 unspecified atom stereocenters. The van der Waals surface area contributed by atoms with Crippen LogP contribution in [-0.4, -0.2) is 21.9 Å². The summed E-state index contributed by atoms with van der Waals surface area (Å²) in [6, 6.07) is 11.4. The Labute approximate surface area is 104 Å². The Morgan fingerprint density at radius 3 is 2.67 bits per heavy atom. The third-order valence-corrected chi connectivity index (χ3v) is 2.34. The Hall–Kier alpha value is -2.43. The molecule has 1 aromatic heterocycles. The van der Waals surface area contributed by atoms with Crippen molar-refractivity contribution < 1.29 is 9.59 Å². The average molecular weight is 243 g/mol. The van der Waals surface area contributed by atoms with Crippen LogP contribution in [0.3, 0.4) is 0 Å². The number of carbonyl (C=O) groups excluding carboxylic acids is 2. The number of nitrogens with zero attached hydrogens (tertiary/aromatic N) is 1. The second-order valence-corrected chi connectivity index (χ2v) is 3.96. The van der Waals surface area contributed by atoms with Gasteiger partial charge in [-0.2, -0.15) is 5.10 Å². The molecule has 2 rings (SSSR count). The highest BCUT2D eigenvalue weighted by atomic mass is 16.2. The number of H-pyrrole nitrogens is 1. The zero-order valence-electron chi connectivity index (χ0n) is 9.93. The predicted octanol–water partition coefficient (Wildman–Crippen LogP) is 1.99. The third kappa shape index (κ3) is 3.04. The van der Waals surface area contributed by atoms with Crippen molar-refractivity contribution in [3.8, 4) is 11.3 Å². The van der Waals surface area contributed by atoms with Crippen LogP contribution in [0.1, 0.15) is 13.3 Å². The Kier molecular flexibility index (Phi) is 3.52. The maximum absolute atomic E-state index is 11.4. The van der Waals surface area contributed by atoms with Crippen LogP contribution in [0.25, 0.3) is 11.3 Å². The van der Waals surface area contributed by atoms with E-state index in [9.17, 15) is 9.59 Å². The van der Waals surface area contributed by atoms with Crippen LogP contribution in [0, 0.1) is 0 Å². The number of aromatic amines is 1. The molecule has 0 saturated heterocycles. The molecular formula is C13H13N3O2. The number of hydrogen-bond acceptors (Lipinski definition) is 3. The van der Waals surface area contributed by atoms with Crippen molar-refractivity contribution in [2.45, 2.75) is 13.3 Å². The molecule has 0 fully saturated rings. The summed E-state index contributed by atoms with van der Waals surface area (Å²) in [7, 11) is 0. The van der Waals surface area contributed by atoms with Gasteiger partial charge in [0.15, 0.2) is 5.82 Å². The lowest BCUT2D eigenvalue weighted by Crippen LogP contribution is -2.14. The van der Waals surface area contributed by atoms with Gasteiger partial charge in [-0.15, -0.1) is 0 Å². The van der Waals surface area contributed by atoms with Crippen LogP contribution >= 0.6 is 0 Å². The molecule has 5 nitrogen and oxygen atoms in total. The molecule has 1 aromatic carbocycles. The van der Waals surface area contributed by atoms with Gasteiger partial charge in [0.2, 0.25) is 5.91 Å². The molecular weight excluding hydrogens is 230 g/mol. The van der Waals surface area contributed by atoms with E-state index < -0.39 is 0 Å². The number of aromatic nitrogens is 2. The number of benzene rings is 1. The maximum Gasteiger partial charge on any atom is 0.233 e. The van der Waals surface area contributed by atoms with Gasteiger partial charge in [0.1, 0.15) is 5.78 Å². The molecule has 0 aliphatic carbocycles. The summed E-state index contributed by atoms with van der Waals surface area (Å²) in [6.45, 7) is 1.37. The Balaban J connectivity index is 2.07. The van der Waals surface area contributed by atoms with E-state index in [1.165, 1.54) is 6.92 Å². The standard InChI is InChI=1S/C13H13N3O2/c1-9(17)7-13(18)14-12-8-11(15-16-12)10-5-3-2-4-6-10/h2-6,8H,7H2,1H3,(H2,14,15,16,18). The molecule has 0 spiro atoms. The molecule has 0 atom stereocenters. The molecule has 0 radical (unpaired) electrons. The van der Waals surface area contributed by atoms with Gasteiger partial charge in [0, 0.05) is 6.07 Å². The van der Waals surface area contributed by atoms with Gasteiger partial charge in [0.25, 0.3) is 0 Å². The number of nitrogens with one attached hydrogen (secondary N) is 2. The fourth-order valence-corrected chi connectivity index (χ4v) is 1.56. The van der Waals surface area contributed by atoms with Crippen LogP contribution in [0.5, 0.6) is 0 Å². The van der Waals surface area contributed by atoms with Gasteiger partial charge in [-0.25, -0.2) is 0 Å². The first-order chi connectivity index (χ1) is 8.65. The first-order valence-electron chi connectivity index (χ1n) is 5.55. The lowest BCUT2D eigenvalue weighted by atomic mass is 10.1. The lowest BCUT2D eigenvalue weighted by Gasteiger charge is -1.97. The molecule has 92 valence electrons. The topological polar surface area (TPSA) is 74.8 Å². The van der Waals surface area contributed by atoms with Gasteiger partial charge < -0.3 is 5.32 Å². The zero-order chi connectivity index (χ0) is 13.0. The molecule has 2 aromatic rings. The summed E-state index contributed by atoms with van der Waals surface area (Å²) in [5.74, 6) is -0.111. The first kappa shape index (κ1) is 12.0. The van der Waals surface area contributed by atoms with Crippen molar-refractivity contribution in [3.05, 3.63) is 36.4 Å². The van der Waals surface area contributed by atoms with Crippen LogP contribution in [0.15, 0.2) is 36.4 Å². The number of carbonyl (C=O) groups is 2. The summed E-state index contributed by atoms with van der Waals surface area (Å²) >= 11 is 0. The van der Waals surface area contributed by atoms with E-state index in [0.717, 1.165) is 11.3 Å². The van der Waals surface area contributed by atoms with E-state index >= 15 is 0 Å². The predicted molar refractivity (Wildman–Crippen MR) is 68.0 cm³/mol. The molecule has 2 N–H and O–H groups in total. The normalized spacial score (nSPS) is 10.1. The maximum atomic E-state index is 11.4. The lowest BCUT2D eigenvalue weighted by molar-refractivity contribution is -0.124. The van der Waals surface area contributed by atoms with E-state index in [2.05, 4.69) is 15.5 Å². The number of Topliss-reactive ketones (excluding diaryl/α,β-unsaturated/α-hetero) is 1. The van der Waals surface area contributed by atoms with Crippen molar-refractivity contribution in [1.29, 1.82) is 0 Å². The second-order valence-electron chi connectivity index (χ2n) is 3.96. The van der Waals surface area contributed by atoms with Crippen molar-refractivity contribution >= 4 is 17.5 Å². The minimum absolute atomic E-state index is 0.131. The number of hydrogen-bond donors (Lipinski definition) is 2. The summed E-state index contributed by atoms with van der Waals surface area (Å²) in [5.41, 5.74) is 1.80. The van der Waals surface area contributed by atoms with Crippen molar-refractivity contribution in [2.75, 3.05) is 5.32 Å². The summed E-state index contributed by atoms with van der Waals surface area (Å²) in [5, 5.41) is 9.36. The highest BCUT2D eigenvalue weighted by Crippen LogP contribution is 2.18. The van der Waals surface area contributed by atoms with Crippen LogP contribution in [0.2, 0.25) is 0 Å². The molecule has 18 heavy (non-hydrogen) atoms. The molecule has 0 aliphatic heterocycles. The van der Waals surface area contributed by atoms with Crippen LogP contribution in [0.4, 0.5) is 5.82 Å². The van der Waals surface area contributed by atoms with Crippen molar-refractivity contribution in [1.82, 2.24) is 10.2 Å². The summed E-state index contributed by atoms with van der Waals surface area (Å²) < 4.78 is 0. The largest absolute Gasteiger partial charge is 0.309 e. The summed E-state index contributed by atoms with van der Waals surface area (Å²) in [6.07, 6.45) is -0.131. The van der Waals surface area contributed by atoms with Gasteiger partial charge in [-0.3, -0.25) is 14.7 Å². The quantitative estimate of drug-likeness (QED) is 0.806. The van der Waals surface area contributed by atoms with E-state index in [0.29, 0.717) is 5.82 Å². The number of ketones is 1. The van der Waals surface area contributed by atoms with Gasteiger partial charge in [-0.1, -0.05) is 30.3 Å². The van der Waals surface area contributed by atoms with Crippen molar-refractivity contribution in [3.63, 3.8) is 0 Å². The smallest absolute Gasteiger partial charge is 0.233 e. The van der Waals surface area contributed by atoms with Crippen LogP contribution < -0.4 is 5.32 Å². The zero-order valence-corrected chi connectivity index (χ0v) is 9.93. The Morgan fingerprint density at radius 1 is 1.28 bits per heavy atom. The Morgan fingerprint density at radius 2 is 2.00 bits per heavy atom. The van der Waals surface area contributed by atoms with Gasteiger partial charge in [0.05, 0.1) is 12.1 Å². The van der Waals surface area contributed by atoms with Crippen molar-refractivity contribution in [2.24, 2.45) is 0 Å². The van der Waals surface area contributed by atoms with E-state index in [-0.39, 0.29) is 18.1 Å². The molecule has 0 aliphatic rings. The second kappa shape index (κ2) is 5.27.